The van der Waals surface area contributed by atoms with Gasteiger partial charge in [0, 0.05) is 14.5 Å². The monoisotopic (exact) mass is 236 g/mol. The van der Waals surface area contributed by atoms with Crippen molar-refractivity contribution in [1.29, 1.82) is 0 Å². The van der Waals surface area contributed by atoms with Gasteiger partial charge in [-0.25, -0.2) is 9.78 Å². The lowest BCUT2D eigenvalue weighted by molar-refractivity contribution is -0.295. The van der Waals surface area contributed by atoms with Gasteiger partial charge in [0.1, 0.15) is 6.10 Å². The van der Waals surface area contributed by atoms with Crippen molar-refractivity contribution >= 4 is 8.07 Å². The van der Waals surface area contributed by atoms with Crippen molar-refractivity contribution in [3.8, 4) is 0 Å². The van der Waals surface area contributed by atoms with Crippen LogP contribution < -0.4 is 0 Å². The summed E-state index contributed by atoms with van der Waals surface area (Å²) in [4.78, 5) is 10.9. The van der Waals surface area contributed by atoms with E-state index in [-0.39, 0.29) is 12.2 Å². The van der Waals surface area contributed by atoms with Crippen LogP contribution in [-0.2, 0) is 9.78 Å². The van der Waals surface area contributed by atoms with Crippen LogP contribution in [0.3, 0.4) is 0 Å². The topological polar surface area (TPSA) is 18.5 Å². The maximum atomic E-state index is 5.43. The van der Waals surface area contributed by atoms with Gasteiger partial charge in [-0.3, -0.25) is 0 Å². The quantitative estimate of drug-likeness (QED) is 0.587. The maximum absolute atomic E-state index is 5.43. The average Bonchev–Trinajstić information content (AvgIpc) is 2.65. The second-order valence-electron chi connectivity index (χ2n) is 5.71. The maximum Gasteiger partial charge on any atom is 0.121 e. The SMILES string of the molecule is C[Si](C)(C)C[C@@H]1C[C@@H](c2ccccc2)OO1. The Morgan fingerprint density at radius 2 is 1.81 bits per heavy atom. The van der Waals surface area contributed by atoms with Gasteiger partial charge in [0.05, 0.1) is 6.10 Å². The minimum absolute atomic E-state index is 0.127. The molecule has 2 rings (SSSR count). The zero-order valence-electron chi connectivity index (χ0n) is 10.3. The van der Waals surface area contributed by atoms with Gasteiger partial charge in [-0.1, -0.05) is 50.0 Å². The van der Waals surface area contributed by atoms with Gasteiger partial charge < -0.3 is 0 Å². The predicted molar refractivity (Wildman–Crippen MR) is 67.9 cm³/mol. The van der Waals surface area contributed by atoms with Crippen LogP contribution in [0.5, 0.6) is 0 Å². The van der Waals surface area contributed by atoms with E-state index in [0.717, 1.165) is 6.42 Å². The molecule has 0 saturated carbocycles. The van der Waals surface area contributed by atoms with Gasteiger partial charge in [0.2, 0.25) is 0 Å². The van der Waals surface area contributed by atoms with Crippen molar-refractivity contribution < 1.29 is 9.78 Å². The smallest absolute Gasteiger partial charge is 0.121 e. The van der Waals surface area contributed by atoms with Gasteiger partial charge in [0.15, 0.2) is 0 Å². The van der Waals surface area contributed by atoms with E-state index in [1.54, 1.807) is 0 Å². The van der Waals surface area contributed by atoms with Crippen molar-refractivity contribution in [3.05, 3.63) is 35.9 Å². The molecule has 1 aromatic carbocycles. The Balaban J connectivity index is 1.94. The molecule has 0 radical (unpaired) electrons. The van der Waals surface area contributed by atoms with Crippen LogP contribution in [0.4, 0.5) is 0 Å². The average molecular weight is 236 g/mol. The second-order valence-corrected chi connectivity index (χ2v) is 11.2. The number of benzene rings is 1. The lowest BCUT2D eigenvalue weighted by atomic mass is 10.1. The van der Waals surface area contributed by atoms with Crippen molar-refractivity contribution in [2.45, 2.75) is 44.3 Å². The zero-order chi connectivity index (χ0) is 11.6. The molecule has 16 heavy (non-hydrogen) atoms. The van der Waals surface area contributed by atoms with Crippen molar-refractivity contribution in [2.75, 3.05) is 0 Å². The Hall–Kier alpha value is -0.643. The third-order valence-corrected chi connectivity index (χ3v) is 4.48. The summed E-state index contributed by atoms with van der Waals surface area (Å²) in [5.41, 5.74) is 1.22. The molecule has 88 valence electrons. The molecule has 1 aliphatic heterocycles. The molecule has 3 heteroatoms. The van der Waals surface area contributed by atoms with E-state index in [1.165, 1.54) is 11.6 Å². The van der Waals surface area contributed by atoms with E-state index < -0.39 is 8.07 Å². The summed E-state index contributed by atoms with van der Waals surface area (Å²) < 4.78 is 0. The van der Waals surface area contributed by atoms with Crippen LogP contribution >= 0.6 is 0 Å². The van der Waals surface area contributed by atoms with Crippen LogP contribution in [0, 0.1) is 0 Å². The molecule has 2 atom stereocenters. The highest BCUT2D eigenvalue weighted by molar-refractivity contribution is 6.76. The van der Waals surface area contributed by atoms with Crippen molar-refractivity contribution in [1.82, 2.24) is 0 Å². The summed E-state index contributed by atoms with van der Waals surface area (Å²) >= 11 is 0. The normalized spacial score (nSPS) is 25.9. The van der Waals surface area contributed by atoms with Crippen LogP contribution in [0.1, 0.15) is 18.1 Å². The first-order valence-corrected chi connectivity index (χ1v) is 9.62. The number of rotatable bonds is 3. The van der Waals surface area contributed by atoms with Gasteiger partial charge in [-0.2, -0.15) is 0 Å². The summed E-state index contributed by atoms with van der Waals surface area (Å²) in [6.07, 6.45) is 1.41. The van der Waals surface area contributed by atoms with E-state index in [1.807, 2.05) is 18.2 Å². The summed E-state index contributed by atoms with van der Waals surface area (Å²) in [5.74, 6) is 0. The van der Waals surface area contributed by atoms with Crippen molar-refractivity contribution in [3.63, 3.8) is 0 Å². The molecule has 1 heterocycles. The fourth-order valence-electron chi connectivity index (χ4n) is 2.12. The molecule has 0 unspecified atom stereocenters. The zero-order valence-corrected chi connectivity index (χ0v) is 11.3. The molecule has 1 fully saturated rings. The van der Waals surface area contributed by atoms with Gasteiger partial charge in [-0.15, -0.1) is 0 Å². The lowest BCUT2D eigenvalue weighted by Crippen LogP contribution is -2.26. The fraction of sp³-hybridized carbons (Fsp3) is 0.538. The molecule has 0 amide bonds. The highest BCUT2D eigenvalue weighted by atomic mass is 28.3. The molecular formula is C13H20O2Si. The van der Waals surface area contributed by atoms with E-state index in [0.29, 0.717) is 0 Å². The van der Waals surface area contributed by atoms with Crippen LogP contribution in [0.25, 0.3) is 0 Å². The summed E-state index contributed by atoms with van der Waals surface area (Å²) in [6.45, 7) is 7.10. The first-order chi connectivity index (χ1) is 7.54. The summed E-state index contributed by atoms with van der Waals surface area (Å²) in [5, 5.41) is 0. The van der Waals surface area contributed by atoms with Crippen LogP contribution in [0.15, 0.2) is 30.3 Å². The first kappa shape index (κ1) is 11.8. The summed E-state index contributed by atoms with van der Waals surface area (Å²) in [6, 6.07) is 11.5. The lowest BCUT2D eigenvalue weighted by Gasteiger charge is -2.18. The Kier molecular flexibility index (Phi) is 3.47. The third kappa shape index (κ3) is 3.17. The molecule has 0 spiro atoms. The minimum atomic E-state index is -1.06. The molecule has 0 N–H and O–H groups in total. The third-order valence-electron chi connectivity index (χ3n) is 2.80. The highest BCUT2D eigenvalue weighted by Crippen LogP contribution is 2.34. The van der Waals surface area contributed by atoms with E-state index in [4.69, 9.17) is 9.78 Å². The van der Waals surface area contributed by atoms with Gasteiger partial charge in [0.25, 0.3) is 0 Å². The largest absolute Gasteiger partial charge is 0.233 e. The van der Waals surface area contributed by atoms with Gasteiger partial charge >= 0.3 is 0 Å². The second kappa shape index (κ2) is 4.70. The minimum Gasteiger partial charge on any atom is -0.233 e. The first-order valence-electron chi connectivity index (χ1n) is 5.92. The van der Waals surface area contributed by atoms with E-state index in [9.17, 15) is 0 Å². The molecule has 0 aromatic heterocycles. The Bertz CT molecular complexity index is 332. The molecule has 1 aliphatic rings. The predicted octanol–water partition coefficient (Wildman–Crippen LogP) is 3.79. The molecule has 1 aromatic rings. The Morgan fingerprint density at radius 1 is 1.12 bits per heavy atom. The van der Waals surface area contributed by atoms with E-state index >= 15 is 0 Å². The summed E-state index contributed by atoms with van der Waals surface area (Å²) in [7, 11) is -1.06. The number of hydrogen-bond acceptors (Lipinski definition) is 2. The van der Waals surface area contributed by atoms with Gasteiger partial charge in [-0.05, 0) is 11.6 Å². The molecule has 2 nitrogen and oxygen atoms in total. The van der Waals surface area contributed by atoms with E-state index in [2.05, 4.69) is 31.8 Å². The molecule has 1 saturated heterocycles. The Labute approximate surface area is 98.5 Å². The van der Waals surface area contributed by atoms with Crippen LogP contribution in [0.2, 0.25) is 25.7 Å². The fourth-order valence-corrected chi connectivity index (χ4v) is 3.72. The van der Waals surface area contributed by atoms with Crippen LogP contribution in [-0.4, -0.2) is 14.2 Å². The van der Waals surface area contributed by atoms with Crippen molar-refractivity contribution in [2.24, 2.45) is 0 Å². The molecule has 0 aliphatic carbocycles. The molecular weight excluding hydrogens is 216 g/mol. The highest BCUT2D eigenvalue weighted by Gasteiger charge is 2.32. The standard InChI is InChI=1S/C13H20O2Si/c1-16(2,3)10-12-9-13(15-14-12)11-7-5-4-6-8-11/h4-8,12-13H,9-10H2,1-3H3/t12-,13-/m0/s1. The molecule has 0 bridgehead atoms. The number of hydrogen-bond donors (Lipinski definition) is 0. The Morgan fingerprint density at radius 3 is 2.44 bits per heavy atom.